The van der Waals surface area contributed by atoms with Crippen LogP contribution in [0.4, 0.5) is 4.39 Å². The minimum atomic E-state index is -0.437. The molecule has 0 saturated heterocycles. The standard InChI is InChI=1S/C11H9FN4S/c1-7-11(17-6-14-7)10(15-16-13)8-2-4-9(12)5-3-8/h2-6,10H,1H3. The number of benzene rings is 1. The molecule has 0 fully saturated rings. The molecule has 4 nitrogen and oxygen atoms in total. The molecule has 0 radical (unpaired) electrons. The van der Waals surface area contributed by atoms with Crippen LogP contribution in [0.25, 0.3) is 10.4 Å². The zero-order valence-electron chi connectivity index (χ0n) is 9.04. The average molecular weight is 248 g/mol. The normalized spacial score (nSPS) is 11.9. The van der Waals surface area contributed by atoms with E-state index in [1.165, 1.54) is 23.5 Å². The Morgan fingerprint density at radius 2 is 2.12 bits per heavy atom. The predicted molar refractivity (Wildman–Crippen MR) is 64.2 cm³/mol. The van der Waals surface area contributed by atoms with E-state index >= 15 is 0 Å². The first-order valence-corrected chi connectivity index (χ1v) is 5.80. The van der Waals surface area contributed by atoms with E-state index in [0.29, 0.717) is 0 Å². The number of aryl methyl sites for hydroxylation is 1. The first kappa shape index (κ1) is 11.6. The third kappa shape index (κ3) is 2.43. The summed E-state index contributed by atoms with van der Waals surface area (Å²) in [6.07, 6.45) is 0. The lowest BCUT2D eigenvalue weighted by Gasteiger charge is -2.10. The summed E-state index contributed by atoms with van der Waals surface area (Å²) < 4.78 is 12.8. The Morgan fingerprint density at radius 3 is 2.65 bits per heavy atom. The van der Waals surface area contributed by atoms with E-state index in [2.05, 4.69) is 15.0 Å². The van der Waals surface area contributed by atoms with Crippen molar-refractivity contribution in [3.63, 3.8) is 0 Å². The van der Waals surface area contributed by atoms with Crippen LogP contribution in [0.5, 0.6) is 0 Å². The number of aromatic nitrogens is 1. The van der Waals surface area contributed by atoms with Gasteiger partial charge >= 0.3 is 0 Å². The van der Waals surface area contributed by atoms with Gasteiger partial charge in [0.25, 0.3) is 0 Å². The molecule has 0 saturated carbocycles. The van der Waals surface area contributed by atoms with Crippen LogP contribution < -0.4 is 0 Å². The second kappa shape index (κ2) is 4.95. The SMILES string of the molecule is Cc1ncsc1C(N=[N+]=[N-])c1ccc(F)cc1. The van der Waals surface area contributed by atoms with Crippen molar-refractivity contribution in [1.82, 2.24) is 4.98 Å². The molecule has 6 heteroatoms. The largest absolute Gasteiger partial charge is 0.250 e. The van der Waals surface area contributed by atoms with Gasteiger partial charge < -0.3 is 0 Å². The molecular weight excluding hydrogens is 239 g/mol. The fourth-order valence-electron chi connectivity index (χ4n) is 1.54. The molecule has 1 aromatic carbocycles. The molecule has 2 aromatic rings. The number of azide groups is 1. The Hall–Kier alpha value is -1.91. The highest BCUT2D eigenvalue weighted by molar-refractivity contribution is 7.09. The number of halogens is 1. The molecule has 1 aromatic heterocycles. The van der Waals surface area contributed by atoms with Crippen molar-refractivity contribution in [3.05, 3.63) is 62.2 Å². The van der Waals surface area contributed by atoms with Gasteiger partial charge in [0, 0.05) is 9.79 Å². The number of hydrogen-bond donors (Lipinski definition) is 0. The van der Waals surface area contributed by atoms with Gasteiger partial charge in [-0.1, -0.05) is 17.2 Å². The molecule has 0 N–H and O–H groups in total. The van der Waals surface area contributed by atoms with E-state index in [9.17, 15) is 4.39 Å². The van der Waals surface area contributed by atoms with Crippen LogP contribution in [0.3, 0.4) is 0 Å². The quantitative estimate of drug-likeness (QED) is 0.460. The van der Waals surface area contributed by atoms with E-state index in [-0.39, 0.29) is 5.82 Å². The molecule has 0 aliphatic carbocycles. The molecule has 0 aliphatic rings. The molecular formula is C11H9FN4S. The summed E-state index contributed by atoms with van der Waals surface area (Å²) >= 11 is 1.43. The van der Waals surface area contributed by atoms with E-state index in [0.717, 1.165) is 16.1 Å². The number of thiazole rings is 1. The first-order chi connectivity index (χ1) is 8.22. The Kier molecular flexibility index (Phi) is 3.37. The Labute approximate surface area is 101 Å². The van der Waals surface area contributed by atoms with Crippen molar-refractivity contribution in [3.8, 4) is 0 Å². The monoisotopic (exact) mass is 248 g/mol. The molecule has 0 bridgehead atoms. The fourth-order valence-corrected chi connectivity index (χ4v) is 2.40. The minimum absolute atomic E-state index is 0.311. The molecule has 1 atom stereocenters. The van der Waals surface area contributed by atoms with Crippen molar-refractivity contribution in [1.29, 1.82) is 0 Å². The minimum Gasteiger partial charge on any atom is -0.250 e. The van der Waals surface area contributed by atoms with Crippen molar-refractivity contribution in [2.24, 2.45) is 5.11 Å². The fraction of sp³-hybridized carbons (Fsp3) is 0.182. The maximum Gasteiger partial charge on any atom is 0.123 e. The molecule has 86 valence electrons. The maximum absolute atomic E-state index is 12.8. The Morgan fingerprint density at radius 1 is 1.41 bits per heavy atom. The molecule has 1 unspecified atom stereocenters. The van der Waals surface area contributed by atoms with Crippen LogP contribution in [0.1, 0.15) is 22.2 Å². The van der Waals surface area contributed by atoms with Gasteiger partial charge in [-0.3, -0.25) is 0 Å². The Balaban J connectivity index is 2.46. The van der Waals surface area contributed by atoms with E-state index in [4.69, 9.17) is 5.53 Å². The highest BCUT2D eigenvalue weighted by Crippen LogP contribution is 2.31. The lowest BCUT2D eigenvalue weighted by molar-refractivity contribution is 0.626. The summed E-state index contributed by atoms with van der Waals surface area (Å²) in [5, 5.41) is 3.76. The summed E-state index contributed by atoms with van der Waals surface area (Å²) in [6.45, 7) is 1.86. The number of rotatable bonds is 3. The average Bonchev–Trinajstić information content (AvgIpc) is 2.74. The summed E-state index contributed by atoms with van der Waals surface area (Å²) in [5.74, 6) is -0.311. The third-order valence-electron chi connectivity index (χ3n) is 2.38. The molecule has 0 spiro atoms. The van der Waals surface area contributed by atoms with Gasteiger partial charge in [-0.15, -0.1) is 11.3 Å². The van der Waals surface area contributed by atoms with Crippen LogP contribution in [-0.4, -0.2) is 4.98 Å². The van der Waals surface area contributed by atoms with E-state index < -0.39 is 6.04 Å². The van der Waals surface area contributed by atoms with Gasteiger partial charge in [0.2, 0.25) is 0 Å². The van der Waals surface area contributed by atoms with Crippen LogP contribution in [0, 0.1) is 12.7 Å². The van der Waals surface area contributed by atoms with Crippen molar-refractivity contribution >= 4 is 11.3 Å². The number of nitrogens with zero attached hydrogens (tertiary/aromatic N) is 4. The van der Waals surface area contributed by atoms with Crippen LogP contribution in [0.15, 0.2) is 34.9 Å². The van der Waals surface area contributed by atoms with Crippen molar-refractivity contribution in [2.45, 2.75) is 13.0 Å². The molecule has 0 aliphatic heterocycles. The second-order valence-corrected chi connectivity index (χ2v) is 4.35. The summed E-state index contributed by atoms with van der Waals surface area (Å²) in [7, 11) is 0. The van der Waals surface area contributed by atoms with Gasteiger partial charge in [-0.2, -0.15) is 0 Å². The topological polar surface area (TPSA) is 61.7 Å². The first-order valence-electron chi connectivity index (χ1n) is 4.92. The molecule has 17 heavy (non-hydrogen) atoms. The highest BCUT2D eigenvalue weighted by Gasteiger charge is 2.16. The molecule has 2 rings (SSSR count). The maximum atomic E-state index is 12.8. The number of hydrogen-bond acceptors (Lipinski definition) is 3. The predicted octanol–water partition coefficient (Wildman–Crippen LogP) is 3.99. The lowest BCUT2D eigenvalue weighted by atomic mass is 10.1. The summed E-state index contributed by atoms with van der Waals surface area (Å²) in [5.41, 5.74) is 11.9. The smallest absolute Gasteiger partial charge is 0.123 e. The van der Waals surface area contributed by atoms with E-state index in [1.54, 1.807) is 17.6 Å². The zero-order chi connectivity index (χ0) is 12.3. The second-order valence-electron chi connectivity index (χ2n) is 3.46. The van der Waals surface area contributed by atoms with Gasteiger partial charge in [0.1, 0.15) is 5.82 Å². The van der Waals surface area contributed by atoms with Crippen LogP contribution in [0.2, 0.25) is 0 Å². The van der Waals surface area contributed by atoms with Gasteiger partial charge in [0.05, 0.1) is 17.2 Å². The van der Waals surface area contributed by atoms with Crippen molar-refractivity contribution in [2.75, 3.05) is 0 Å². The third-order valence-corrected chi connectivity index (χ3v) is 3.37. The van der Waals surface area contributed by atoms with E-state index in [1.807, 2.05) is 6.92 Å². The van der Waals surface area contributed by atoms with Gasteiger partial charge in [-0.25, -0.2) is 9.37 Å². The summed E-state index contributed by atoms with van der Waals surface area (Å²) in [4.78, 5) is 7.85. The van der Waals surface area contributed by atoms with Crippen LogP contribution in [-0.2, 0) is 0 Å². The van der Waals surface area contributed by atoms with Gasteiger partial charge in [-0.05, 0) is 30.2 Å². The summed E-state index contributed by atoms with van der Waals surface area (Å²) in [6, 6.07) is 5.51. The zero-order valence-corrected chi connectivity index (χ0v) is 9.86. The Bertz CT molecular complexity index is 557. The molecule has 0 amide bonds. The van der Waals surface area contributed by atoms with Crippen LogP contribution >= 0.6 is 11.3 Å². The molecule has 1 heterocycles. The highest BCUT2D eigenvalue weighted by atomic mass is 32.1. The van der Waals surface area contributed by atoms with Crippen molar-refractivity contribution < 1.29 is 4.39 Å². The lowest BCUT2D eigenvalue weighted by Crippen LogP contribution is -1.97. The van der Waals surface area contributed by atoms with Gasteiger partial charge in [0.15, 0.2) is 0 Å².